The minimum atomic E-state index is -0.433. The Kier molecular flexibility index (Phi) is 13.4. The van der Waals surface area contributed by atoms with Crippen LogP contribution in [0.2, 0.25) is 0 Å². The average molecular weight is 401 g/mol. The number of unbranched alkanes of at least 4 members (excludes halogenated alkanes) is 3. The third-order valence-corrected chi connectivity index (χ3v) is 4.89. The van der Waals surface area contributed by atoms with E-state index in [9.17, 15) is 5.11 Å². The Balaban J connectivity index is 1.91. The fourth-order valence-corrected chi connectivity index (χ4v) is 3.12. The monoisotopic (exact) mass is 400 g/mol. The fourth-order valence-electron chi connectivity index (χ4n) is 2.49. The Morgan fingerprint density at radius 3 is 2.08 bits per heavy atom. The predicted octanol–water partition coefficient (Wildman–Crippen LogP) is 5.27. The number of alkyl halides is 1. The quantitative estimate of drug-likeness (QED) is 0.322. The van der Waals surface area contributed by atoms with Crippen molar-refractivity contribution in [2.45, 2.75) is 62.8 Å². The molecule has 1 rings (SSSR count). The van der Waals surface area contributed by atoms with E-state index in [0.717, 1.165) is 76.9 Å². The predicted molar refractivity (Wildman–Crippen MR) is 104 cm³/mol. The van der Waals surface area contributed by atoms with Crippen LogP contribution in [0.5, 0.6) is 0 Å². The van der Waals surface area contributed by atoms with E-state index in [1.807, 2.05) is 30.3 Å². The molecule has 0 radical (unpaired) electrons. The van der Waals surface area contributed by atoms with Gasteiger partial charge in [-0.25, -0.2) is 0 Å². The van der Waals surface area contributed by atoms with Crippen LogP contribution in [-0.2, 0) is 9.47 Å². The van der Waals surface area contributed by atoms with Gasteiger partial charge in [0.15, 0.2) is 0 Å². The van der Waals surface area contributed by atoms with Gasteiger partial charge in [0.25, 0.3) is 0 Å². The second kappa shape index (κ2) is 14.9. The smallest absolute Gasteiger partial charge is 0.0914 e. The summed E-state index contributed by atoms with van der Waals surface area (Å²) >= 11 is 3.62. The minimum Gasteiger partial charge on any atom is -0.387 e. The van der Waals surface area contributed by atoms with Crippen molar-refractivity contribution < 1.29 is 14.6 Å². The van der Waals surface area contributed by atoms with E-state index in [0.29, 0.717) is 0 Å². The van der Waals surface area contributed by atoms with Gasteiger partial charge < -0.3 is 14.6 Å². The topological polar surface area (TPSA) is 38.7 Å². The number of hydrogen-bond acceptors (Lipinski definition) is 3. The molecule has 0 bridgehead atoms. The van der Waals surface area contributed by atoms with Crippen LogP contribution >= 0.6 is 15.9 Å². The molecule has 2 unspecified atom stereocenters. The van der Waals surface area contributed by atoms with E-state index in [1.54, 1.807) is 0 Å². The van der Waals surface area contributed by atoms with Crippen LogP contribution in [0.15, 0.2) is 30.3 Å². The van der Waals surface area contributed by atoms with E-state index < -0.39 is 6.10 Å². The summed E-state index contributed by atoms with van der Waals surface area (Å²) in [5.74, 6) is 0. The second-order valence-electron chi connectivity index (χ2n) is 6.15. The Labute approximate surface area is 155 Å². The van der Waals surface area contributed by atoms with Crippen molar-refractivity contribution in [3.8, 4) is 0 Å². The van der Waals surface area contributed by atoms with Crippen LogP contribution in [0.3, 0.4) is 0 Å². The molecule has 0 saturated carbocycles. The zero-order chi connectivity index (χ0) is 17.5. The zero-order valence-electron chi connectivity index (χ0n) is 15.0. The lowest BCUT2D eigenvalue weighted by atomic mass is 10.0. The Morgan fingerprint density at radius 1 is 0.875 bits per heavy atom. The molecule has 1 N–H and O–H groups in total. The van der Waals surface area contributed by atoms with Gasteiger partial charge in [-0.1, -0.05) is 66.0 Å². The molecule has 0 aliphatic heterocycles. The summed E-state index contributed by atoms with van der Waals surface area (Å²) in [6.45, 7) is 5.53. The third kappa shape index (κ3) is 10.4. The summed E-state index contributed by atoms with van der Waals surface area (Å²) in [5.41, 5.74) is 0.977. The summed E-state index contributed by atoms with van der Waals surface area (Å²) in [6, 6.07) is 9.84. The molecular formula is C20H33BrO3. The first-order valence-electron chi connectivity index (χ1n) is 9.28. The number of rotatable bonds is 15. The van der Waals surface area contributed by atoms with Crippen LogP contribution in [-0.4, -0.2) is 36.4 Å². The first-order chi connectivity index (χ1) is 11.8. The van der Waals surface area contributed by atoms with Crippen molar-refractivity contribution in [2.24, 2.45) is 0 Å². The Bertz CT molecular complexity index is 386. The van der Waals surface area contributed by atoms with Gasteiger partial charge in [-0.15, -0.1) is 0 Å². The van der Waals surface area contributed by atoms with Gasteiger partial charge in [-0.05, 0) is 37.7 Å². The summed E-state index contributed by atoms with van der Waals surface area (Å²) in [5, 5.41) is 10.3. The van der Waals surface area contributed by atoms with Crippen molar-refractivity contribution >= 4 is 15.9 Å². The molecule has 138 valence electrons. The molecule has 2 atom stereocenters. The summed E-state index contributed by atoms with van der Waals surface area (Å²) in [4.78, 5) is 0.115. The maximum atomic E-state index is 10.3. The number of ether oxygens (including phenoxy) is 2. The van der Waals surface area contributed by atoms with Crippen LogP contribution in [0.1, 0.15) is 63.5 Å². The van der Waals surface area contributed by atoms with Gasteiger partial charge in [0.05, 0.1) is 6.10 Å². The summed E-state index contributed by atoms with van der Waals surface area (Å²) in [7, 11) is 0. The van der Waals surface area contributed by atoms with E-state index in [2.05, 4.69) is 22.9 Å². The molecule has 0 amide bonds. The molecule has 0 aromatic heterocycles. The maximum Gasteiger partial charge on any atom is 0.0914 e. The number of aliphatic hydroxyl groups is 1. The Morgan fingerprint density at radius 2 is 1.46 bits per heavy atom. The highest BCUT2D eigenvalue weighted by Gasteiger charge is 2.16. The van der Waals surface area contributed by atoms with Gasteiger partial charge in [0.1, 0.15) is 0 Å². The largest absolute Gasteiger partial charge is 0.387 e. The molecule has 3 nitrogen and oxygen atoms in total. The molecule has 4 heteroatoms. The van der Waals surface area contributed by atoms with Gasteiger partial charge in [0.2, 0.25) is 0 Å². The molecule has 0 saturated heterocycles. The van der Waals surface area contributed by atoms with Crippen LogP contribution in [0.4, 0.5) is 0 Å². The molecule has 1 aromatic carbocycles. The van der Waals surface area contributed by atoms with Crippen molar-refractivity contribution in [1.82, 2.24) is 0 Å². The SMILES string of the molecule is CCCOCCCCOCCCCCC(Br)C(O)c1ccccc1. The van der Waals surface area contributed by atoms with Crippen LogP contribution in [0.25, 0.3) is 0 Å². The number of halogens is 1. The van der Waals surface area contributed by atoms with Gasteiger partial charge >= 0.3 is 0 Å². The minimum absolute atomic E-state index is 0.115. The third-order valence-electron chi connectivity index (χ3n) is 3.93. The van der Waals surface area contributed by atoms with Crippen molar-refractivity contribution in [2.75, 3.05) is 26.4 Å². The van der Waals surface area contributed by atoms with Gasteiger partial charge in [-0.3, -0.25) is 0 Å². The Hall–Kier alpha value is -0.420. The first kappa shape index (κ1) is 21.6. The molecule has 0 heterocycles. The van der Waals surface area contributed by atoms with Gasteiger partial charge in [0, 0.05) is 31.3 Å². The molecule has 0 spiro atoms. The maximum absolute atomic E-state index is 10.3. The number of aliphatic hydroxyl groups excluding tert-OH is 1. The lowest BCUT2D eigenvalue weighted by Gasteiger charge is -2.17. The highest BCUT2D eigenvalue weighted by Crippen LogP contribution is 2.26. The van der Waals surface area contributed by atoms with Gasteiger partial charge in [-0.2, -0.15) is 0 Å². The lowest BCUT2D eigenvalue weighted by Crippen LogP contribution is -2.11. The highest BCUT2D eigenvalue weighted by atomic mass is 79.9. The molecule has 0 fully saturated rings. The molecule has 24 heavy (non-hydrogen) atoms. The summed E-state index contributed by atoms with van der Waals surface area (Å²) in [6.07, 6.45) is 7.14. The van der Waals surface area contributed by atoms with E-state index in [4.69, 9.17) is 9.47 Å². The molecule has 1 aromatic rings. The van der Waals surface area contributed by atoms with Crippen molar-refractivity contribution in [3.05, 3.63) is 35.9 Å². The average Bonchev–Trinajstić information content (AvgIpc) is 2.62. The van der Waals surface area contributed by atoms with E-state index in [-0.39, 0.29) is 4.83 Å². The van der Waals surface area contributed by atoms with E-state index in [1.165, 1.54) is 0 Å². The van der Waals surface area contributed by atoms with E-state index >= 15 is 0 Å². The lowest BCUT2D eigenvalue weighted by molar-refractivity contribution is 0.101. The summed E-state index contributed by atoms with van der Waals surface area (Å²) < 4.78 is 11.1. The first-order valence-corrected chi connectivity index (χ1v) is 10.2. The van der Waals surface area contributed by atoms with Crippen LogP contribution in [0, 0.1) is 0 Å². The van der Waals surface area contributed by atoms with Crippen molar-refractivity contribution in [3.63, 3.8) is 0 Å². The number of benzene rings is 1. The number of hydrogen-bond donors (Lipinski definition) is 1. The van der Waals surface area contributed by atoms with Crippen molar-refractivity contribution in [1.29, 1.82) is 0 Å². The highest BCUT2D eigenvalue weighted by molar-refractivity contribution is 9.09. The second-order valence-corrected chi connectivity index (χ2v) is 7.33. The van der Waals surface area contributed by atoms with Crippen LogP contribution < -0.4 is 0 Å². The molecular weight excluding hydrogens is 368 g/mol. The standard InChI is InChI=1S/C20H33BrO3/c1-2-14-23-16-9-10-17-24-15-8-4-7-13-19(21)20(22)18-11-5-3-6-12-18/h3,5-6,11-12,19-20,22H,2,4,7-10,13-17H2,1H3. The molecule has 0 aliphatic carbocycles. The zero-order valence-corrected chi connectivity index (χ0v) is 16.5. The fraction of sp³-hybridized carbons (Fsp3) is 0.700. The molecule has 0 aliphatic rings. The normalized spacial score (nSPS) is 13.8.